The quantitative estimate of drug-likeness (QED) is 0.631. The molecule has 1 fully saturated rings. The van der Waals surface area contributed by atoms with Gasteiger partial charge in [0.2, 0.25) is 10.0 Å². The Bertz CT molecular complexity index is 1080. The number of piperidine rings is 1. The molecular weight excluding hydrogens is 457 g/mol. The van der Waals surface area contributed by atoms with Crippen LogP contribution in [0.5, 0.6) is 0 Å². The number of sulfonamides is 1. The Morgan fingerprint density at radius 3 is 2.30 bits per heavy atom. The molecule has 0 spiro atoms. The number of halogens is 3. The number of amides is 1. The van der Waals surface area contributed by atoms with Crippen molar-refractivity contribution in [1.29, 1.82) is 0 Å². The lowest BCUT2D eigenvalue weighted by Gasteiger charge is -2.28. The summed E-state index contributed by atoms with van der Waals surface area (Å²) in [5, 5.41) is 2.66. The molecule has 0 bridgehead atoms. The predicted molar refractivity (Wildman–Crippen MR) is 120 cm³/mol. The number of alkyl halides is 3. The second-order valence-corrected chi connectivity index (χ2v) is 9.64. The third-order valence-corrected chi connectivity index (χ3v) is 7.48. The summed E-state index contributed by atoms with van der Waals surface area (Å²) in [6.45, 7) is 5.96. The number of hydrogen-bond donors (Lipinski definition) is 1. The van der Waals surface area contributed by atoms with Gasteiger partial charge in [0.1, 0.15) is 5.69 Å². The Morgan fingerprint density at radius 2 is 1.76 bits per heavy atom. The minimum atomic E-state index is -4.61. The first-order valence-corrected chi connectivity index (χ1v) is 12.3. The highest BCUT2D eigenvalue weighted by Crippen LogP contribution is 2.32. The normalized spacial score (nSPS) is 15.3. The summed E-state index contributed by atoms with van der Waals surface area (Å²) in [7, 11) is -3.74. The van der Waals surface area contributed by atoms with Gasteiger partial charge in [-0.25, -0.2) is 8.42 Å². The van der Waals surface area contributed by atoms with Crippen molar-refractivity contribution < 1.29 is 26.4 Å². The molecule has 2 heterocycles. The van der Waals surface area contributed by atoms with Crippen LogP contribution in [0, 0.1) is 0 Å². The number of nitrogens with one attached hydrogen (secondary N) is 1. The summed E-state index contributed by atoms with van der Waals surface area (Å²) in [6, 6.07) is 6.35. The first-order valence-electron chi connectivity index (χ1n) is 10.8. The van der Waals surface area contributed by atoms with Crippen LogP contribution >= 0.6 is 0 Å². The van der Waals surface area contributed by atoms with Crippen molar-refractivity contribution in [2.75, 3.05) is 36.4 Å². The minimum absolute atomic E-state index is 0.0566. The molecule has 0 saturated carbocycles. The van der Waals surface area contributed by atoms with Gasteiger partial charge >= 0.3 is 6.18 Å². The molecule has 180 valence electrons. The highest BCUT2D eigenvalue weighted by molar-refractivity contribution is 7.89. The summed E-state index contributed by atoms with van der Waals surface area (Å²) in [6.07, 6.45) is -1.19. The van der Waals surface area contributed by atoms with E-state index in [1.54, 1.807) is 6.07 Å². The molecule has 1 N–H and O–H groups in total. The highest BCUT2D eigenvalue weighted by Gasteiger charge is 2.32. The molecule has 7 nitrogen and oxygen atoms in total. The number of anilines is 2. The number of hydrogen-bond acceptors (Lipinski definition) is 5. The molecule has 3 rings (SSSR count). The van der Waals surface area contributed by atoms with Gasteiger partial charge in [-0.1, -0.05) is 6.42 Å². The molecule has 1 aromatic heterocycles. The van der Waals surface area contributed by atoms with E-state index in [-0.39, 0.29) is 16.1 Å². The van der Waals surface area contributed by atoms with Crippen molar-refractivity contribution in [3.8, 4) is 0 Å². The van der Waals surface area contributed by atoms with Gasteiger partial charge in [0.15, 0.2) is 0 Å². The fourth-order valence-electron chi connectivity index (χ4n) is 3.76. The molecule has 1 saturated heterocycles. The number of rotatable bonds is 7. The minimum Gasteiger partial charge on any atom is -0.370 e. The summed E-state index contributed by atoms with van der Waals surface area (Å²) < 4.78 is 66.0. The van der Waals surface area contributed by atoms with Gasteiger partial charge in [0.05, 0.1) is 21.8 Å². The lowest BCUT2D eigenvalue weighted by molar-refractivity contribution is -0.141. The van der Waals surface area contributed by atoms with Crippen LogP contribution in [0.3, 0.4) is 0 Å². The second kappa shape index (κ2) is 10.1. The number of carbonyl (C=O) groups is 1. The van der Waals surface area contributed by atoms with E-state index in [2.05, 4.69) is 10.3 Å². The van der Waals surface area contributed by atoms with E-state index in [4.69, 9.17) is 0 Å². The standard InChI is InChI=1S/C22H27F3N4O3S/c1-3-28(4-2)19-10-9-17(33(31,32)29-12-6-5-7-13-29)14-18(19)27-21(30)16-8-11-20(26-15-16)22(23,24)25/h8-11,14-15H,3-7,12-13H2,1-2H3,(H,27,30). The molecular formula is C22H27F3N4O3S. The van der Waals surface area contributed by atoms with Crippen LogP contribution in [0.25, 0.3) is 0 Å². The van der Waals surface area contributed by atoms with Crippen molar-refractivity contribution in [3.63, 3.8) is 0 Å². The predicted octanol–water partition coefficient (Wildman–Crippen LogP) is 4.37. The molecule has 11 heteroatoms. The van der Waals surface area contributed by atoms with Gasteiger partial charge in [-0.05, 0) is 57.0 Å². The van der Waals surface area contributed by atoms with E-state index in [0.717, 1.165) is 37.6 Å². The molecule has 1 aliphatic heterocycles. The molecule has 0 aliphatic carbocycles. The molecule has 0 atom stereocenters. The van der Waals surface area contributed by atoms with Gasteiger partial charge < -0.3 is 10.2 Å². The smallest absolute Gasteiger partial charge is 0.370 e. The van der Waals surface area contributed by atoms with Gasteiger partial charge in [-0.3, -0.25) is 9.78 Å². The maximum Gasteiger partial charge on any atom is 0.433 e. The number of aromatic nitrogens is 1. The van der Waals surface area contributed by atoms with Gasteiger partial charge in [0.25, 0.3) is 5.91 Å². The fourth-order valence-corrected chi connectivity index (χ4v) is 5.30. The molecule has 1 aliphatic rings. The van der Waals surface area contributed by atoms with Crippen LogP contribution in [0.2, 0.25) is 0 Å². The third-order valence-electron chi connectivity index (χ3n) is 5.59. The van der Waals surface area contributed by atoms with Crippen LogP contribution in [0.1, 0.15) is 49.2 Å². The fraction of sp³-hybridized carbons (Fsp3) is 0.455. The molecule has 0 radical (unpaired) electrons. The maximum atomic E-state index is 13.1. The first-order chi connectivity index (χ1) is 15.6. The van der Waals surface area contributed by atoms with E-state index in [1.165, 1.54) is 16.4 Å². The van der Waals surface area contributed by atoms with E-state index in [1.807, 2.05) is 18.7 Å². The zero-order chi connectivity index (χ0) is 24.2. The Balaban J connectivity index is 1.95. The molecule has 0 unspecified atom stereocenters. The van der Waals surface area contributed by atoms with Crippen LogP contribution in [0.15, 0.2) is 41.4 Å². The van der Waals surface area contributed by atoms with Crippen LogP contribution < -0.4 is 10.2 Å². The zero-order valence-electron chi connectivity index (χ0n) is 18.5. The Kier molecular flexibility index (Phi) is 7.63. The SMILES string of the molecule is CCN(CC)c1ccc(S(=O)(=O)N2CCCCC2)cc1NC(=O)c1ccc(C(F)(F)F)nc1. The van der Waals surface area contributed by atoms with Gasteiger partial charge in [-0.15, -0.1) is 0 Å². The van der Waals surface area contributed by atoms with Crippen molar-refractivity contribution in [2.45, 2.75) is 44.2 Å². The lowest BCUT2D eigenvalue weighted by Crippen LogP contribution is -2.35. The van der Waals surface area contributed by atoms with Crippen molar-refractivity contribution >= 4 is 27.3 Å². The monoisotopic (exact) mass is 484 g/mol. The number of nitrogens with zero attached hydrogens (tertiary/aromatic N) is 3. The van der Waals surface area contributed by atoms with Crippen molar-refractivity contribution in [2.24, 2.45) is 0 Å². The van der Waals surface area contributed by atoms with Gasteiger partial charge in [-0.2, -0.15) is 17.5 Å². The summed E-state index contributed by atoms with van der Waals surface area (Å²) in [4.78, 5) is 18.1. The molecule has 2 aromatic rings. The lowest BCUT2D eigenvalue weighted by atomic mass is 10.2. The second-order valence-electron chi connectivity index (χ2n) is 7.70. The molecule has 1 amide bonds. The zero-order valence-corrected chi connectivity index (χ0v) is 19.3. The van der Waals surface area contributed by atoms with Crippen molar-refractivity contribution in [3.05, 3.63) is 47.8 Å². The third kappa shape index (κ3) is 5.64. The Hall–Kier alpha value is -2.66. The van der Waals surface area contributed by atoms with Crippen LogP contribution in [-0.2, 0) is 16.2 Å². The topological polar surface area (TPSA) is 82.6 Å². The molecule has 33 heavy (non-hydrogen) atoms. The van der Waals surface area contributed by atoms with Crippen LogP contribution in [-0.4, -0.2) is 49.8 Å². The van der Waals surface area contributed by atoms with Crippen LogP contribution in [0.4, 0.5) is 24.5 Å². The molecule has 1 aromatic carbocycles. The average molecular weight is 485 g/mol. The Labute approximate surface area is 191 Å². The number of carbonyl (C=O) groups excluding carboxylic acids is 1. The van der Waals surface area contributed by atoms with E-state index < -0.39 is 27.8 Å². The average Bonchev–Trinajstić information content (AvgIpc) is 2.80. The maximum absolute atomic E-state index is 13.1. The largest absolute Gasteiger partial charge is 0.433 e. The summed E-state index contributed by atoms with van der Waals surface area (Å²) in [5.74, 6) is -0.683. The first kappa shape index (κ1) is 25.0. The van der Waals surface area contributed by atoms with Crippen molar-refractivity contribution in [1.82, 2.24) is 9.29 Å². The number of benzene rings is 1. The van der Waals surface area contributed by atoms with E-state index >= 15 is 0 Å². The van der Waals surface area contributed by atoms with Gasteiger partial charge in [0, 0.05) is 32.4 Å². The number of pyridine rings is 1. The van der Waals surface area contributed by atoms with E-state index in [9.17, 15) is 26.4 Å². The Morgan fingerprint density at radius 1 is 1.09 bits per heavy atom. The summed E-state index contributed by atoms with van der Waals surface area (Å²) >= 11 is 0. The van der Waals surface area contributed by atoms with E-state index in [0.29, 0.717) is 31.9 Å². The summed E-state index contributed by atoms with van der Waals surface area (Å²) in [5.41, 5.74) is -0.289. The highest BCUT2D eigenvalue weighted by atomic mass is 32.2.